The quantitative estimate of drug-likeness (QED) is 0.603. The van der Waals surface area contributed by atoms with Crippen LogP contribution in [0.1, 0.15) is 0 Å². The predicted molar refractivity (Wildman–Crippen MR) is 54.6 cm³/mol. The van der Waals surface area contributed by atoms with Crippen molar-refractivity contribution in [1.82, 2.24) is 10.6 Å². The van der Waals surface area contributed by atoms with E-state index in [1.54, 1.807) is 6.26 Å². The standard InChI is InChI=1S/C8H16N2O3S/c1-14(12)5-3-10-8(11)7-6-9-2-4-13-7/h7,9H,2-6H2,1H3,(H,10,11). The number of carbonyl (C=O) groups excluding carboxylic acids is 1. The normalized spacial score (nSPS) is 24.2. The van der Waals surface area contributed by atoms with Gasteiger partial charge in [-0.25, -0.2) is 0 Å². The fraction of sp³-hybridized carbons (Fsp3) is 0.875. The Kier molecular flexibility index (Phi) is 5.06. The SMILES string of the molecule is CS(=O)CCNC(=O)C1CNCCO1. The number of rotatable bonds is 4. The number of ether oxygens (including phenoxy) is 1. The van der Waals surface area contributed by atoms with Crippen LogP contribution >= 0.6 is 0 Å². The van der Waals surface area contributed by atoms with Crippen molar-refractivity contribution in [2.24, 2.45) is 0 Å². The summed E-state index contributed by atoms with van der Waals surface area (Å²) in [4.78, 5) is 11.4. The van der Waals surface area contributed by atoms with Crippen molar-refractivity contribution in [3.8, 4) is 0 Å². The molecule has 0 aromatic carbocycles. The van der Waals surface area contributed by atoms with Gasteiger partial charge < -0.3 is 15.4 Å². The van der Waals surface area contributed by atoms with Crippen molar-refractivity contribution >= 4 is 16.7 Å². The Morgan fingerprint density at radius 1 is 1.71 bits per heavy atom. The van der Waals surface area contributed by atoms with Gasteiger partial charge >= 0.3 is 0 Å². The molecule has 0 spiro atoms. The Bertz CT molecular complexity index is 217. The Balaban J connectivity index is 2.16. The van der Waals surface area contributed by atoms with Gasteiger partial charge in [0, 0.05) is 42.4 Å². The summed E-state index contributed by atoms with van der Waals surface area (Å²) >= 11 is 0. The van der Waals surface area contributed by atoms with Crippen molar-refractivity contribution in [3.63, 3.8) is 0 Å². The second-order valence-corrected chi connectivity index (χ2v) is 4.69. The molecule has 14 heavy (non-hydrogen) atoms. The van der Waals surface area contributed by atoms with Gasteiger partial charge in [0.2, 0.25) is 5.91 Å². The van der Waals surface area contributed by atoms with Crippen molar-refractivity contribution in [2.75, 3.05) is 38.2 Å². The van der Waals surface area contributed by atoms with Gasteiger partial charge in [0.25, 0.3) is 0 Å². The summed E-state index contributed by atoms with van der Waals surface area (Å²) in [6.45, 7) is 2.36. The maximum Gasteiger partial charge on any atom is 0.250 e. The van der Waals surface area contributed by atoms with E-state index in [1.807, 2.05) is 0 Å². The van der Waals surface area contributed by atoms with Gasteiger partial charge in [-0.1, -0.05) is 0 Å². The second kappa shape index (κ2) is 6.10. The lowest BCUT2D eigenvalue weighted by Gasteiger charge is -2.22. The van der Waals surface area contributed by atoms with Gasteiger partial charge in [-0.05, 0) is 0 Å². The number of carbonyl (C=O) groups is 1. The maximum absolute atomic E-state index is 11.4. The third-order valence-electron chi connectivity index (χ3n) is 1.91. The van der Waals surface area contributed by atoms with Gasteiger partial charge in [-0.15, -0.1) is 0 Å². The van der Waals surface area contributed by atoms with E-state index in [0.717, 1.165) is 6.54 Å². The van der Waals surface area contributed by atoms with E-state index in [1.165, 1.54) is 0 Å². The molecule has 82 valence electrons. The van der Waals surface area contributed by atoms with Crippen LogP contribution in [0.25, 0.3) is 0 Å². The van der Waals surface area contributed by atoms with Crippen molar-refractivity contribution in [3.05, 3.63) is 0 Å². The first-order valence-corrected chi connectivity index (χ1v) is 6.33. The molecule has 1 aliphatic rings. The zero-order chi connectivity index (χ0) is 10.4. The molecule has 6 heteroatoms. The minimum atomic E-state index is -0.858. The third kappa shape index (κ3) is 4.17. The lowest BCUT2D eigenvalue weighted by atomic mass is 10.3. The molecule has 1 saturated heterocycles. The van der Waals surface area contributed by atoms with Crippen LogP contribution in [0.4, 0.5) is 0 Å². The maximum atomic E-state index is 11.4. The predicted octanol–water partition coefficient (Wildman–Crippen LogP) is -1.53. The van der Waals surface area contributed by atoms with Gasteiger partial charge in [0.1, 0.15) is 6.10 Å². The highest BCUT2D eigenvalue weighted by molar-refractivity contribution is 7.84. The molecule has 2 unspecified atom stereocenters. The molecule has 1 fully saturated rings. The van der Waals surface area contributed by atoms with Crippen LogP contribution in [-0.2, 0) is 20.3 Å². The van der Waals surface area contributed by atoms with Crippen LogP contribution in [0.2, 0.25) is 0 Å². The number of nitrogens with one attached hydrogen (secondary N) is 2. The summed E-state index contributed by atoms with van der Waals surface area (Å²) in [5, 5.41) is 5.76. The zero-order valence-corrected chi connectivity index (χ0v) is 9.06. The minimum Gasteiger partial charge on any atom is -0.366 e. The van der Waals surface area contributed by atoms with E-state index < -0.39 is 16.9 Å². The number of hydrogen-bond donors (Lipinski definition) is 2. The molecular formula is C8H16N2O3S. The lowest BCUT2D eigenvalue weighted by Crippen LogP contribution is -2.48. The highest BCUT2D eigenvalue weighted by atomic mass is 32.2. The topological polar surface area (TPSA) is 67.4 Å². The highest BCUT2D eigenvalue weighted by Gasteiger charge is 2.20. The van der Waals surface area contributed by atoms with E-state index >= 15 is 0 Å². The van der Waals surface area contributed by atoms with E-state index in [2.05, 4.69) is 10.6 Å². The fourth-order valence-electron chi connectivity index (χ4n) is 1.17. The summed E-state index contributed by atoms with van der Waals surface area (Å²) < 4.78 is 16.0. The van der Waals surface area contributed by atoms with Crippen LogP contribution < -0.4 is 10.6 Å². The number of morpholine rings is 1. The molecule has 2 N–H and O–H groups in total. The fourth-order valence-corrected chi connectivity index (χ4v) is 1.56. The molecule has 1 amide bonds. The van der Waals surface area contributed by atoms with E-state index in [4.69, 9.17) is 4.74 Å². The minimum absolute atomic E-state index is 0.123. The van der Waals surface area contributed by atoms with Crippen molar-refractivity contribution < 1.29 is 13.7 Å². The molecule has 0 aromatic rings. The molecule has 0 radical (unpaired) electrons. The summed E-state index contributed by atoms with van der Waals surface area (Å²) in [7, 11) is -0.858. The second-order valence-electron chi connectivity index (χ2n) is 3.13. The Hall–Kier alpha value is -0.460. The zero-order valence-electron chi connectivity index (χ0n) is 8.25. The monoisotopic (exact) mass is 220 g/mol. The Morgan fingerprint density at radius 3 is 3.07 bits per heavy atom. The van der Waals surface area contributed by atoms with Crippen molar-refractivity contribution in [1.29, 1.82) is 0 Å². The first-order chi connectivity index (χ1) is 6.70. The number of amides is 1. The van der Waals surface area contributed by atoms with Crippen molar-refractivity contribution in [2.45, 2.75) is 6.10 Å². The van der Waals surface area contributed by atoms with E-state index in [-0.39, 0.29) is 5.91 Å². The molecular weight excluding hydrogens is 204 g/mol. The van der Waals surface area contributed by atoms with Crippen LogP contribution in [-0.4, -0.2) is 54.5 Å². The molecule has 0 aliphatic carbocycles. The molecule has 1 rings (SSSR count). The molecule has 0 saturated carbocycles. The Morgan fingerprint density at radius 2 is 2.50 bits per heavy atom. The number of hydrogen-bond acceptors (Lipinski definition) is 4. The molecule has 1 heterocycles. The van der Waals surface area contributed by atoms with Gasteiger partial charge in [0.05, 0.1) is 6.61 Å². The van der Waals surface area contributed by atoms with Crippen LogP contribution in [0.3, 0.4) is 0 Å². The summed E-state index contributed by atoms with van der Waals surface area (Å²) in [5.74, 6) is 0.369. The van der Waals surface area contributed by atoms with E-state index in [9.17, 15) is 9.00 Å². The molecule has 0 bridgehead atoms. The molecule has 0 aromatic heterocycles. The first-order valence-electron chi connectivity index (χ1n) is 4.60. The van der Waals surface area contributed by atoms with Crippen LogP contribution in [0, 0.1) is 0 Å². The van der Waals surface area contributed by atoms with Crippen LogP contribution in [0.15, 0.2) is 0 Å². The van der Waals surface area contributed by atoms with Crippen LogP contribution in [0.5, 0.6) is 0 Å². The molecule has 5 nitrogen and oxygen atoms in total. The lowest BCUT2D eigenvalue weighted by molar-refractivity contribution is -0.134. The molecule has 2 atom stereocenters. The first kappa shape index (κ1) is 11.6. The van der Waals surface area contributed by atoms with E-state index in [0.29, 0.717) is 25.4 Å². The smallest absolute Gasteiger partial charge is 0.250 e. The van der Waals surface area contributed by atoms with Gasteiger partial charge in [0.15, 0.2) is 0 Å². The van der Waals surface area contributed by atoms with Gasteiger partial charge in [-0.2, -0.15) is 0 Å². The van der Waals surface area contributed by atoms with Gasteiger partial charge in [-0.3, -0.25) is 9.00 Å². The highest BCUT2D eigenvalue weighted by Crippen LogP contribution is 1.95. The average molecular weight is 220 g/mol. The summed E-state index contributed by atoms with van der Waals surface area (Å²) in [6, 6.07) is 0. The largest absolute Gasteiger partial charge is 0.366 e. The average Bonchev–Trinajstić information content (AvgIpc) is 2.18. The summed E-state index contributed by atoms with van der Waals surface area (Å²) in [5.41, 5.74) is 0. The third-order valence-corrected chi connectivity index (χ3v) is 2.69. The Labute approximate surface area is 86.0 Å². The molecule has 1 aliphatic heterocycles. The summed E-state index contributed by atoms with van der Waals surface area (Å²) in [6.07, 6.45) is 1.22.